The molecule has 2 aromatic carbocycles. The van der Waals surface area contributed by atoms with Crippen LogP contribution in [0.1, 0.15) is 49.7 Å². The van der Waals surface area contributed by atoms with E-state index in [1.807, 2.05) is 55.5 Å². The SMILES string of the molecule is CCOC(=O)C1=C(C)NC2=C(C(=O)CC(c3cccc(OC)c3)C2)C1c1ccccc1OC. The largest absolute Gasteiger partial charge is 0.497 e. The standard InChI is InChI=1S/C27H29NO5/c1-5-33-27(30)24-16(2)28-21-14-18(17-9-8-10-19(13-17)31-3)15-22(29)26(21)25(24)20-11-6-7-12-23(20)32-4/h6-13,18,25,28H,5,14-15H2,1-4H3. The van der Waals surface area contributed by atoms with Crippen LogP contribution in [-0.2, 0) is 14.3 Å². The zero-order chi connectivity index (χ0) is 23.5. The number of allylic oxidation sites excluding steroid dienone is 3. The topological polar surface area (TPSA) is 73.9 Å². The van der Waals surface area contributed by atoms with Gasteiger partial charge in [0.15, 0.2) is 5.78 Å². The van der Waals surface area contributed by atoms with E-state index in [0.717, 1.165) is 22.6 Å². The maximum Gasteiger partial charge on any atom is 0.336 e. The lowest BCUT2D eigenvalue weighted by Crippen LogP contribution is -2.36. The van der Waals surface area contributed by atoms with E-state index in [1.165, 1.54) is 0 Å². The van der Waals surface area contributed by atoms with Crippen molar-refractivity contribution < 1.29 is 23.8 Å². The van der Waals surface area contributed by atoms with Crippen LogP contribution in [0.4, 0.5) is 0 Å². The number of carbonyl (C=O) groups is 2. The zero-order valence-corrected chi connectivity index (χ0v) is 19.4. The summed E-state index contributed by atoms with van der Waals surface area (Å²) in [7, 11) is 3.23. The molecular formula is C27H29NO5. The van der Waals surface area contributed by atoms with Gasteiger partial charge in [-0.1, -0.05) is 30.3 Å². The van der Waals surface area contributed by atoms with Crippen LogP contribution in [0.3, 0.4) is 0 Å². The summed E-state index contributed by atoms with van der Waals surface area (Å²) in [5.41, 5.74) is 4.45. The molecule has 0 saturated carbocycles. The van der Waals surface area contributed by atoms with Gasteiger partial charge in [-0.25, -0.2) is 4.79 Å². The Bertz CT molecular complexity index is 1150. The van der Waals surface area contributed by atoms with Crippen LogP contribution in [-0.4, -0.2) is 32.6 Å². The first kappa shape index (κ1) is 22.6. The van der Waals surface area contributed by atoms with Crippen molar-refractivity contribution >= 4 is 11.8 Å². The molecule has 33 heavy (non-hydrogen) atoms. The van der Waals surface area contributed by atoms with Crippen molar-refractivity contribution in [3.8, 4) is 11.5 Å². The van der Waals surface area contributed by atoms with E-state index in [1.54, 1.807) is 21.1 Å². The second-order valence-corrected chi connectivity index (χ2v) is 8.26. The summed E-state index contributed by atoms with van der Waals surface area (Å²) < 4.78 is 16.4. The molecule has 6 nitrogen and oxygen atoms in total. The number of para-hydroxylation sites is 1. The molecule has 1 heterocycles. The van der Waals surface area contributed by atoms with E-state index in [-0.39, 0.29) is 18.3 Å². The normalized spacial score (nSPS) is 20.2. The molecule has 0 fully saturated rings. The molecule has 0 saturated heterocycles. The Morgan fingerprint density at radius 2 is 1.85 bits per heavy atom. The van der Waals surface area contributed by atoms with Crippen molar-refractivity contribution in [2.45, 2.75) is 38.5 Å². The molecule has 4 rings (SSSR count). The number of ketones is 1. The molecule has 1 aliphatic carbocycles. The average Bonchev–Trinajstić information content (AvgIpc) is 2.83. The first-order valence-corrected chi connectivity index (χ1v) is 11.2. The first-order chi connectivity index (χ1) is 16.0. The van der Waals surface area contributed by atoms with Crippen molar-refractivity contribution in [1.82, 2.24) is 5.32 Å². The first-order valence-electron chi connectivity index (χ1n) is 11.2. The van der Waals surface area contributed by atoms with E-state index >= 15 is 0 Å². The second kappa shape index (κ2) is 9.53. The van der Waals surface area contributed by atoms with E-state index in [0.29, 0.717) is 35.4 Å². The molecule has 2 unspecified atom stereocenters. The van der Waals surface area contributed by atoms with E-state index in [9.17, 15) is 9.59 Å². The molecule has 2 atom stereocenters. The maximum atomic E-state index is 13.6. The molecule has 2 aliphatic rings. The number of rotatable bonds is 6. The molecule has 172 valence electrons. The molecule has 1 aliphatic heterocycles. The van der Waals surface area contributed by atoms with Gasteiger partial charge in [0.1, 0.15) is 11.5 Å². The summed E-state index contributed by atoms with van der Waals surface area (Å²) in [6.45, 7) is 3.89. The van der Waals surface area contributed by atoms with Crippen molar-refractivity contribution in [2.24, 2.45) is 0 Å². The Hall–Kier alpha value is -3.54. The van der Waals surface area contributed by atoms with Crippen LogP contribution < -0.4 is 14.8 Å². The van der Waals surface area contributed by atoms with Crippen LogP contribution in [0.15, 0.2) is 71.1 Å². The zero-order valence-electron chi connectivity index (χ0n) is 19.4. The number of esters is 1. The number of dihydropyridines is 1. The molecule has 0 bridgehead atoms. The monoisotopic (exact) mass is 447 g/mol. The Labute approximate surface area is 194 Å². The predicted octanol–water partition coefficient (Wildman–Crippen LogP) is 4.63. The fourth-order valence-corrected chi connectivity index (χ4v) is 4.87. The van der Waals surface area contributed by atoms with Crippen molar-refractivity contribution in [1.29, 1.82) is 0 Å². The van der Waals surface area contributed by atoms with Crippen molar-refractivity contribution in [3.05, 3.63) is 82.2 Å². The molecule has 6 heteroatoms. The maximum absolute atomic E-state index is 13.6. The summed E-state index contributed by atoms with van der Waals surface area (Å²) in [6, 6.07) is 15.4. The van der Waals surface area contributed by atoms with Gasteiger partial charge < -0.3 is 19.5 Å². The number of Topliss-reactive ketones (excluding diaryl/α,β-unsaturated/α-hetero) is 1. The molecule has 0 spiro atoms. The van der Waals surface area contributed by atoms with Gasteiger partial charge in [-0.15, -0.1) is 0 Å². The minimum absolute atomic E-state index is 0.0155. The highest BCUT2D eigenvalue weighted by Crippen LogP contribution is 2.47. The number of carbonyl (C=O) groups excluding carboxylic acids is 2. The fraction of sp³-hybridized carbons (Fsp3) is 0.333. The quantitative estimate of drug-likeness (QED) is 0.651. The summed E-state index contributed by atoms with van der Waals surface area (Å²) >= 11 is 0. The van der Waals surface area contributed by atoms with Gasteiger partial charge in [-0.3, -0.25) is 4.79 Å². The third kappa shape index (κ3) is 4.25. The van der Waals surface area contributed by atoms with Crippen LogP contribution in [0.2, 0.25) is 0 Å². The van der Waals surface area contributed by atoms with E-state index in [2.05, 4.69) is 5.32 Å². The molecule has 1 N–H and O–H groups in total. The van der Waals surface area contributed by atoms with Crippen molar-refractivity contribution in [2.75, 3.05) is 20.8 Å². The Morgan fingerprint density at radius 1 is 1.06 bits per heavy atom. The van der Waals surface area contributed by atoms with Crippen LogP contribution in [0.5, 0.6) is 11.5 Å². The Morgan fingerprint density at radius 3 is 2.58 bits per heavy atom. The van der Waals surface area contributed by atoms with Gasteiger partial charge >= 0.3 is 5.97 Å². The molecule has 2 aromatic rings. The average molecular weight is 448 g/mol. The third-order valence-corrected chi connectivity index (χ3v) is 6.34. The lowest BCUT2D eigenvalue weighted by atomic mass is 9.71. The summed E-state index contributed by atoms with van der Waals surface area (Å²) in [5, 5.41) is 3.37. The van der Waals surface area contributed by atoms with E-state index in [4.69, 9.17) is 14.2 Å². The number of hydrogen-bond donors (Lipinski definition) is 1. The fourth-order valence-electron chi connectivity index (χ4n) is 4.87. The molecular weight excluding hydrogens is 418 g/mol. The Balaban J connectivity index is 1.82. The smallest absolute Gasteiger partial charge is 0.336 e. The van der Waals surface area contributed by atoms with Crippen LogP contribution in [0, 0.1) is 0 Å². The summed E-state index contributed by atoms with van der Waals surface area (Å²) in [5.74, 6) is 0.469. The minimum atomic E-state index is -0.546. The molecule has 0 amide bonds. The number of nitrogens with one attached hydrogen (secondary N) is 1. The van der Waals surface area contributed by atoms with E-state index < -0.39 is 11.9 Å². The third-order valence-electron chi connectivity index (χ3n) is 6.34. The number of hydrogen-bond acceptors (Lipinski definition) is 6. The predicted molar refractivity (Wildman–Crippen MR) is 125 cm³/mol. The highest BCUT2D eigenvalue weighted by atomic mass is 16.5. The van der Waals surface area contributed by atoms with Crippen LogP contribution in [0.25, 0.3) is 0 Å². The van der Waals surface area contributed by atoms with Gasteiger partial charge in [0, 0.05) is 29.0 Å². The summed E-state index contributed by atoms with van der Waals surface area (Å²) in [4.78, 5) is 26.7. The van der Waals surface area contributed by atoms with Gasteiger partial charge in [-0.05, 0) is 49.9 Å². The van der Waals surface area contributed by atoms with Crippen molar-refractivity contribution in [3.63, 3.8) is 0 Å². The molecule has 0 radical (unpaired) electrons. The minimum Gasteiger partial charge on any atom is -0.497 e. The number of ether oxygens (including phenoxy) is 3. The van der Waals surface area contributed by atoms with Gasteiger partial charge in [0.05, 0.1) is 32.3 Å². The Kier molecular flexibility index (Phi) is 6.54. The van der Waals surface area contributed by atoms with Gasteiger partial charge in [-0.2, -0.15) is 0 Å². The number of methoxy groups -OCH3 is 2. The molecule has 0 aromatic heterocycles. The second-order valence-electron chi connectivity index (χ2n) is 8.26. The lowest BCUT2D eigenvalue weighted by Gasteiger charge is -2.37. The highest BCUT2D eigenvalue weighted by molar-refractivity contribution is 6.04. The highest BCUT2D eigenvalue weighted by Gasteiger charge is 2.42. The lowest BCUT2D eigenvalue weighted by molar-refractivity contribution is -0.138. The summed E-state index contributed by atoms with van der Waals surface area (Å²) in [6.07, 6.45) is 1.02. The van der Waals surface area contributed by atoms with Gasteiger partial charge in [0.2, 0.25) is 0 Å². The van der Waals surface area contributed by atoms with Gasteiger partial charge in [0.25, 0.3) is 0 Å². The van der Waals surface area contributed by atoms with Crippen LogP contribution >= 0.6 is 0 Å². The number of benzene rings is 2.